The van der Waals surface area contributed by atoms with Crippen LogP contribution in [0.25, 0.3) is 0 Å². The van der Waals surface area contributed by atoms with Gasteiger partial charge in [0.05, 0.1) is 24.2 Å². The maximum Gasteiger partial charge on any atom is 0.306 e. The lowest BCUT2D eigenvalue weighted by Crippen LogP contribution is -2.47. The van der Waals surface area contributed by atoms with Crippen molar-refractivity contribution in [1.82, 2.24) is 4.90 Å². The number of amides is 1. The van der Waals surface area contributed by atoms with Crippen LogP contribution in [0.5, 0.6) is 5.75 Å². The van der Waals surface area contributed by atoms with E-state index in [1.54, 1.807) is 23.1 Å². The van der Waals surface area contributed by atoms with Crippen molar-refractivity contribution in [2.24, 2.45) is 0 Å². The Morgan fingerprint density at radius 1 is 1.50 bits per heavy atom. The molecule has 1 aliphatic heterocycles. The number of halogens is 2. The Labute approximate surface area is 141 Å². The fourth-order valence-electron chi connectivity index (χ4n) is 2.09. The summed E-state index contributed by atoms with van der Waals surface area (Å²) < 4.78 is 11.6. The molecule has 1 heterocycles. The van der Waals surface area contributed by atoms with Crippen molar-refractivity contribution in [3.63, 3.8) is 0 Å². The van der Waals surface area contributed by atoms with Crippen LogP contribution in [0.15, 0.2) is 22.7 Å². The van der Waals surface area contributed by atoms with E-state index in [9.17, 15) is 9.59 Å². The average Bonchev–Trinajstić information content (AvgIpc) is 2.45. The summed E-state index contributed by atoms with van der Waals surface area (Å²) in [6, 6.07) is 5.12. The lowest BCUT2D eigenvalue weighted by atomic mass is 10.2. The zero-order valence-electron chi connectivity index (χ0n) is 11.6. The summed E-state index contributed by atoms with van der Waals surface area (Å²) in [6.07, 6.45) is -0.602. The summed E-state index contributed by atoms with van der Waals surface area (Å²) in [4.78, 5) is 24.4. The zero-order valence-corrected chi connectivity index (χ0v) is 14.0. The summed E-state index contributed by atoms with van der Waals surface area (Å²) in [5.41, 5.74) is 0. The normalized spacial score (nSPS) is 18.1. The summed E-state index contributed by atoms with van der Waals surface area (Å²) in [5.74, 6) is -0.747. The molecule has 2 rings (SSSR count). The molecule has 1 aliphatic rings. The number of carbonyl (C=O) groups excluding carboxylic acids is 1. The van der Waals surface area contributed by atoms with Crippen LogP contribution in [0, 0.1) is 0 Å². The second-order valence-electron chi connectivity index (χ2n) is 4.79. The Morgan fingerprint density at radius 3 is 2.95 bits per heavy atom. The first-order valence-electron chi connectivity index (χ1n) is 6.64. The van der Waals surface area contributed by atoms with Crippen molar-refractivity contribution in [1.29, 1.82) is 0 Å². The minimum absolute atomic E-state index is 0.122. The van der Waals surface area contributed by atoms with Crippen LogP contribution in [0.1, 0.15) is 6.42 Å². The molecule has 1 aromatic carbocycles. The number of aliphatic carboxylic acids is 1. The molecule has 0 saturated carbocycles. The number of hydrogen-bond donors (Lipinski definition) is 1. The van der Waals surface area contributed by atoms with Gasteiger partial charge in [-0.1, -0.05) is 27.5 Å². The lowest BCUT2D eigenvalue weighted by Gasteiger charge is -2.32. The number of ether oxygens (including phenoxy) is 2. The van der Waals surface area contributed by atoms with E-state index in [2.05, 4.69) is 15.9 Å². The number of benzene rings is 1. The summed E-state index contributed by atoms with van der Waals surface area (Å²) in [5, 5.41) is 9.18. The Morgan fingerprint density at radius 2 is 2.27 bits per heavy atom. The predicted molar refractivity (Wildman–Crippen MR) is 83.2 cm³/mol. The molecule has 22 heavy (non-hydrogen) atoms. The number of nitrogens with zero attached hydrogens (tertiary/aromatic N) is 1. The number of rotatable bonds is 5. The molecule has 0 radical (unpaired) electrons. The van der Waals surface area contributed by atoms with E-state index in [1.165, 1.54) is 0 Å². The molecule has 1 fully saturated rings. The third-order valence-electron chi connectivity index (χ3n) is 3.14. The molecule has 6 nitrogen and oxygen atoms in total. The molecule has 1 saturated heterocycles. The van der Waals surface area contributed by atoms with E-state index < -0.39 is 12.1 Å². The molecule has 1 aromatic rings. The summed E-state index contributed by atoms with van der Waals surface area (Å²) in [7, 11) is 0. The summed E-state index contributed by atoms with van der Waals surface area (Å²) in [6.45, 7) is 0.846. The van der Waals surface area contributed by atoms with Gasteiger partial charge in [-0.05, 0) is 18.2 Å². The van der Waals surface area contributed by atoms with Crippen LogP contribution in [0.3, 0.4) is 0 Å². The highest BCUT2D eigenvalue weighted by Gasteiger charge is 2.26. The molecule has 0 aliphatic carbocycles. The second-order valence-corrected chi connectivity index (χ2v) is 6.12. The average molecular weight is 393 g/mol. The minimum Gasteiger partial charge on any atom is -0.482 e. The van der Waals surface area contributed by atoms with Crippen LogP contribution < -0.4 is 4.74 Å². The second kappa shape index (κ2) is 7.80. The first kappa shape index (κ1) is 17.1. The first-order valence-corrected chi connectivity index (χ1v) is 7.82. The smallest absolute Gasteiger partial charge is 0.306 e. The van der Waals surface area contributed by atoms with Gasteiger partial charge in [0, 0.05) is 17.6 Å². The van der Waals surface area contributed by atoms with Crippen LogP contribution in [-0.2, 0) is 14.3 Å². The first-order chi connectivity index (χ1) is 10.5. The topological polar surface area (TPSA) is 76.1 Å². The van der Waals surface area contributed by atoms with Crippen LogP contribution in [0.4, 0.5) is 0 Å². The van der Waals surface area contributed by atoms with E-state index >= 15 is 0 Å². The lowest BCUT2D eigenvalue weighted by molar-refractivity contribution is -0.148. The Kier molecular flexibility index (Phi) is 6.05. The molecule has 120 valence electrons. The van der Waals surface area contributed by atoms with Gasteiger partial charge in [0.1, 0.15) is 5.75 Å². The van der Waals surface area contributed by atoms with Crippen LogP contribution >= 0.6 is 27.5 Å². The van der Waals surface area contributed by atoms with E-state index in [4.69, 9.17) is 26.2 Å². The highest BCUT2D eigenvalue weighted by atomic mass is 79.9. The van der Waals surface area contributed by atoms with Gasteiger partial charge in [-0.25, -0.2) is 0 Å². The zero-order chi connectivity index (χ0) is 16.1. The Hall–Kier alpha value is -1.31. The largest absolute Gasteiger partial charge is 0.482 e. The van der Waals surface area contributed by atoms with Gasteiger partial charge in [-0.2, -0.15) is 0 Å². The van der Waals surface area contributed by atoms with Gasteiger partial charge >= 0.3 is 5.97 Å². The van der Waals surface area contributed by atoms with Gasteiger partial charge in [-0.3, -0.25) is 9.59 Å². The fraction of sp³-hybridized carbons (Fsp3) is 0.429. The maximum atomic E-state index is 12.1. The van der Waals surface area contributed by atoms with Crippen LogP contribution in [-0.4, -0.2) is 54.3 Å². The number of carboxylic acids is 1. The van der Waals surface area contributed by atoms with Crippen molar-refractivity contribution in [3.05, 3.63) is 27.7 Å². The third kappa shape index (κ3) is 4.86. The molecular formula is C14H15BrClNO5. The van der Waals surface area contributed by atoms with E-state index in [-0.39, 0.29) is 25.5 Å². The number of carbonyl (C=O) groups is 2. The van der Waals surface area contributed by atoms with Gasteiger partial charge in [0.2, 0.25) is 0 Å². The standard InChI is InChI=1S/C14H15BrClNO5/c15-9-1-2-12(11(16)5-9)22-8-13(18)17-3-4-21-10(7-17)6-14(19)20/h1-2,5,10H,3-4,6-8H2,(H,19,20). The minimum atomic E-state index is -0.947. The highest BCUT2D eigenvalue weighted by molar-refractivity contribution is 9.10. The van der Waals surface area contributed by atoms with Crippen molar-refractivity contribution < 1.29 is 24.2 Å². The van der Waals surface area contributed by atoms with Crippen LogP contribution in [0.2, 0.25) is 5.02 Å². The molecule has 0 spiro atoms. The monoisotopic (exact) mass is 391 g/mol. The molecule has 0 bridgehead atoms. The van der Waals surface area contributed by atoms with Gasteiger partial charge in [-0.15, -0.1) is 0 Å². The van der Waals surface area contributed by atoms with Crippen molar-refractivity contribution in [2.45, 2.75) is 12.5 Å². The van der Waals surface area contributed by atoms with Crippen molar-refractivity contribution >= 4 is 39.4 Å². The fourth-order valence-corrected chi connectivity index (χ4v) is 2.82. The predicted octanol–water partition coefficient (Wildman–Crippen LogP) is 2.18. The third-order valence-corrected chi connectivity index (χ3v) is 3.93. The SMILES string of the molecule is O=C(O)CC1CN(C(=O)COc2ccc(Br)cc2Cl)CCO1. The quantitative estimate of drug-likeness (QED) is 0.831. The molecule has 1 atom stereocenters. The van der Waals surface area contributed by atoms with Gasteiger partial charge in [0.25, 0.3) is 5.91 Å². The Bertz CT molecular complexity index is 568. The van der Waals surface area contributed by atoms with E-state index in [0.29, 0.717) is 23.9 Å². The molecule has 1 unspecified atom stereocenters. The van der Waals surface area contributed by atoms with Crippen molar-refractivity contribution in [3.8, 4) is 5.75 Å². The number of carboxylic acid groups (broad SMARTS) is 1. The highest BCUT2D eigenvalue weighted by Crippen LogP contribution is 2.27. The molecule has 8 heteroatoms. The number of morpholine rings is 1. The number of hydrogen-bond acceptors (Lipinski definition) is 4. The van der Waals surface area contributed by atoms with E-state index in [0.717, 1.165) is 4.47 Å². The van der Waals surface area contributed by atoms with E-state index in [1.807, 2.05) is 0 Å². The van der Waals surface area contributed by atoms with Gasteiger partial charge in [0.15, 0.2) is 6.61 Å². The maximum absolute atomic E-state index is 12.1. The summed E-state index contributed by atoms with van der Waals surface area (Å²) >= 11 is 9.30. The van der Waals surface area contributed by atoms with Crippen molar-refractivity contribution in [2.75, 3.05) is 26.3 Å². The molecule has 1 N–H and O–H groups in total. The molecule has 1 amide bonds. The molecule has 0 aromatic heterocycles. The van der Waals surface area contributed by atoms with Gasteiger partial charge < -0.3 is 19.5 Å². The Balaban J connectivity index is 1.87. The molecular weight excluding hydrogens is 378 g/mol.